The number of nitrogens with one attached hydrogen (secondary N) is 1. The predicted molar refractivity (Wildman–Crippen MR) is 98.2 cm³/mol. The van der Waals surface area contributed by atoms with Gasteiger partial charge in [-0.1, -0.05) is 18.2 Å². The largest absolute Gasteiger partial charge is 0.496 e. The van der Waals surface area contributed by atoms with Crippen molar-refractivity contribution in [3.63, 3.8) is 0 Å². The van der Waals surface area contributed by atoms with Crippen molar-refractivity contribution in [3.8, 4) is 17.2 Å². The maximum atomic E-state index is 12.8. The number of furan rings is 1. The van der Waals surface area contributed by atoms with Gasteiger partial charge in [-0.15, -0.1) is 0 Å². The maximum absolute atomic E-state index is 12.8. The highest BCUT2D eigenvalue weighted by atomic mass is 16.5. The van der Waals surface area contributed by atoms with Crippen LogP contribution in [-0.4, -0.2) is 27.2 Å². The zero-order valence-corrected chi connectivity index (χ0v) is 15.2. The Hall–Kier alpha value is -3.15. The summed E-state index contributed by atoms with van der Waals surface area (Å²) < 4.78 is 21.7. The van der Waals surface area contributed by atoms with E-state index in [0.29, 0.717) is 28.6 Å². The van der Waals surface area contributed by atoms with Crippen molar-refractivity contribution < 1.29 is 23.4 Å². The lowest BCUT2D eigenvalue weighted by atomic mass is 10.1. The third-order valence-electron chi connectivity index (χ3n) is 4.17. The Morgan fingerprint density at radius 1 is 0.962 bits per heavy atom. The molecule has 0 saturated heterocycles. The number of para-hydroxylation sites is 1. The fraction of sp³-hybridized carbons (Fsp3) is 0.250. The van der Waals surface area contributed by atoms with E-state index in [2.05, 4.69) is 5.32 Å². The molecule has 1 atom stereocenters. The van der Waals surface area contributed by atoms with Crippen LogP contribution in [0, 0.1) is 0 Å². The van der Waals surface area contributed by atoms with Gasteiger partial charge >= 0.3 is 0 Å². The molecule has 136 valence electrons. The van der Waals surface area contributed by atoms with Crippen molar-refractivity contribution in [1.82, 2.24) is 5.32 Å². The van der Waals surface area contributed by atoms with E-state index in [1.165, 1.54) is 21.3 Å². The Kier molecular flexibility index (Phi) is 5.02. The number of carbonyl (C=O) groups excluding carboxylic acids is 1. The first-order valence-corrected chi connectivity index (χ1v) is 8.16. The van der Waals surface area contributed by atoms with E-state index in [9.17, 15) is 4.79 Å². The van der Waals surface area contributed by atoms with Crippen LogP contribution in [-0.2, 0) is 0 Å². The molecule has 6 heteroatoms. The van der Waals surface area contributed by atoms with Gasteiger partial charge in [-0.3, -0.25) is 4.79 Å². The highest BCUT2D eigenvalue weighted by Gasteiger charge is 2.21. The molecule has 1 N–H and O–H groups in total. The van der Waals surface area contributed by atoms with Crippen LogP contribution in [0.5, 0.6) is 17.2 Å². The minimum atomic E-state index is -0.312. The van der Waals surface area contributed by atoms with Gasteiger partial charge in [-0.05, 0) is 19.1 Å². The topological polar surface area (TPSA) is 69.9 Å². The van der Waals surface area contributed by atoms with Gasteiger partial charge in [0.05, 0.1) is 32.9 Å². The monoisotopic (exact) mass is 355 g/mol. The molecule has 0 spiro atoms. The third kappa shape index (κ3) is 3.31. The predicted octanol–water partition coefficient (Wildman–Crippen LogP) is 3.95. The van der Waals surface area contributed by atoms with Crippen molar-refractivity contribution in [1.29, 1.82) is 0 Å². The lowest BCUT2D eigenvalue weighted by Crippen LogP contribution is -2.26. The molecule has 6 nitrogen and oxygen atoms in total. The molecule has 0 aliphatic heterocycles. The normalized spacial score (nSPS) is 11.8. The number of hydrogen-bond acceptors (Lipinski definition) is 5. The van der Waals surface area contributed by atoms with Gasteiger partial charge < -0.3 is 23.9 Å². The summed E-state index contributed by atoms with van der Waals surface area (Å²) in [6.45, 7) is 1.86. The maximum Gasteiger partial charge on any atom is 0.255 e. The summed E-state index contributed by atoms with van der Waals surface area (Å²) in [5.74, 6) is 1.73. The number of ether oxygens (including phenoxy) is 3. The smallest absolute Gasteiger partial charge is 0.255 e. The van der Waals surface area contributed by atoms with Crippen LogP contribution in [0.15, 0.2) is 46.9 Å². The molecule has 3 aromatic rings. The standard InChI is InChI=1S/C20H21NO5/c1-12(16-9-13-7-5-6-8-15(13)26-16)21-20(22)14-10-18(24-3)19(25-4)11-17(14)23-2/h5-12H,1-4H3,(H,21,22)/t12-/m1/s1. The zero-order chi connectivity index (χ0) is 18.7. The Balaban J connectivity index is 1.86. The van der Waals surface area contributed by atoms with Gasteiger partial charge in [0.1, 0.15) is 17.1 Å². The van der Waals surface area contributed by atoms with Gasteiger partial charge in [-0.2, -0.15) is 0 Å². The van der Waals surface area contributed by atoms with Gasteiger partial charge in [0, 0.05) is 17.5 Å². The zero-order valence-electron chi connectivity index (χ0n) is 15.2. The van der Waals surface area contributed by atoms with E-state index in [-0.39, 0.29) is 11.9 Å². The quantitative estimate of drug-likeness (QED) is 0.725. The fourth-order valence-electron chi connectivity index (χ4n) is 2.77. The molecule has 2 aromatic carbocycles. The van der Waals surface area contributed by atoms with E-state index in [1.54, 1.807) is 12.1 Å². The lowest BCUT2D eigenvalue weighted by Gasteiger charge is -2.16. The number of amides is 1. The molecule has 0 saturated carbocycles. The number of methoxy groups -OCH3 is 3. The number of carbonyl (C=O) groups is 1. The van der Waals surface area contributed by atoms with Gasteiger partial charge in [-0.25, -0.2) is 0 Å². The van der Waals surface area contributed by atoms with Crippen molar-refractivity contribution in [3.05, 3.63) is 53.8 Å². The summed E-state index contributed by atoms with van der Waals surface area (Å²) in [5, 5.41) is 3.92. The number of benzene rings is 2. The number of hydrogen-bond donors (Lipinski definition) is 1. The summed E-state index contributed by atoms with van der Waals surface area (Å²) in [4.78, 5) is 12.8. The molecular formula is C20H21NO5. The SMILES string of the molecule is COc1cc(OC)c(C(=O)N[C@H](C)c2cc3ccccc3o2)cc1OC. The molecule has 0 unspecified atom stereocenters. The van der Waals surface area contributed by atoms with Crippen molar-refractivity contribution in [2.24, 2.45) is 0 Å². The number of fused-ring (bicyclic) bond motifs is 1. The molecular weight excluding hydrogens is 334 g/mol. The fourth-order valence-corrected chi connectivity index (χ4v) is 2.77. The molecule has 0 aliphatic carbocycles. The first-order valence-electron chi connectivity index (χ1n) is 8.16. The Morgan fingerprint density at radius 2 is 1.62 bits per heavy atom. The molecule has 0 fully saturated rings. The summed E-state index contributed by atoms with van der Waals surface area (Å²) >= 11 is 0. The van der Waals surface area contributed by atoms with Crippen molar-refractivity contribution >= 4 is 16.9 Å². The summed E-state index contributed by atoms with van der Waals surface area (Å²) in [6.07, 6.45) is 0. The van der Waals surface area contributed by atoms with E-state index in [4.69, 9.17) is 18.6 Å². The van der Waals surface area contributed by atoms with E-state index >= 15 is 0 Å². The van der Waals surface area contributed by atoms with Gasteiger partial charge in [0.15, 0.2) is 11.5 Å². The first kappa shape index (κ1) is 17.7. The average molecular weight is 355 g/mol. The Bertz CT molecular complexity index is 898. The summed E-state index contributed by atoms with van der Waals surface area (Å²) in [7, 11) is 4.55. The van der Waals surface area contributed by atoms with Crippen LogP contribution in [0.1, 0.15) is 29.1 Å². The highest BCUT2D eigenvalue weighted by Crippen LogP contribution is 2.35. The minimum absolute atomic E-state index is 0.296. The molecule has 0 radical (unpaired) electrons. The average Bonchev–Trinajstić information content (AvgIpc) is 3.11. The third-order valence-corrected chi connectivity index (χ3v) is 4.17. The van der Waals surface area contributed by atoms with E-state index in [0.717, 1.165) is 11.0 Å². The Morgan fingerprint density at radius 3 is 2.27 bits per heavy atom. The number of rotatable bonds is 6. The van der Waals surface area contributed by atoms with Crippen molar-refractivity contribution in [2.45, 2.75) is 13.0 Å². The molecule has 1 aromatic heterocycles. The van der Waals surface area contributed by atoms with Gasteiger partial charge in [0.25, 0.3) is 5.91 Å². The second-order valence-electron chi connectivity index (χ2n) is 5.79. The Labute approximate surface area is 151 Å². The second-order valence-corrected chi connectivity index (χ2v) is 5.79. The molecule has 26 heavy (non-hydrogen) atoms. The second kappa shape index (κ2) is 7.39. The lowest BCUT2D eigenvalue weighted by molar-refractivity contribution is 0.0932. The minimum Gasteiger partial charge on any atom is -0.496 e. The highest BCUT2D eigenvalue weighted by molar-refractivity contribution is 5.98. The molecule has 1 heterocycles. The van der Waals surface area contributed by atoms with E-state index in [1.807, 2.05) is 37.3 Å². The van der Waals surface area contributed by atoms with Crippen LogP contribution in [0.3, 0.4) is 0 Å². The van der Waals surface area contributed by atoms with Crippen LogP contribution < -0.4 is 19.5 Å². The van der Waals surface area contributed by atoms with Crippen LogP contribution in [0.25, 0.3) is 11.0 Å². The van der Waals surface area contributed by atoms with Gasteiger partial charge in [0.2, 0.25) is 0 Å². The summed E-state index contributed by atoms with van der Waals surface area (Å²) in [6, 6.07) is 12.5. The van der Waals surface area contributed by atoms with Crippen LogP contribution >= 0.6 is 0 Å². The molecule has 0 aliphatic rings. The summed E-state index contributed by atoms with van der Waals surface area (Å²) in [5.41, 5.74) is 1.14. The van der Waals surface area contributed by atoms with Crippen molar-refractivity contribution in [2.75, 3.05) is 21.3 Å². The molecule has 3 rings (SSSR count). The molecule has 1 amide bonds. The van der Waals surface area contributed by atoms with Crippen LogP contribution in [0.2, 0.25) is 0 Å². The first-order chi connectivity index (χ1) is 12.6. The molecule has 0 bridgehead atoms. The van der Waals surface area contributed by atoms with Crippen LogP contribution in [0.4, 0.5) is 0 Å². The van der Waals surface area contributed by atoms with E-state index < -0.39 is 0 Å².